The maximum Gasteiger partial charge on any atom is 0.254 e. The Labute approximate surface area is 126 Å². The second-order valence-electron chi connectivity index (χ2n) is 5.36. The molecule has 0 spiro atoms. The molecule has 2 atom stereocenters. The number of hydrogen-bond acceptors (Lipinski definition) is 6. The van der Waals surface area contributed by atoms with Gasteiger partial charge in [0.15, 0.2) is 0 Å². The molecule has 4 heterocycles. The average molecular weight is 301 g/mol. The number of amides is 1. The van der Waals surface area contributed by atoms with Gasteiger partial charge >= 0.3 is 0 Å². The number of fused-ring (bicyclic) bond motifs is 1. The van der Waals surface area contributed by atoms with Gasteiger partial charge in [0, 0.05) is 31.0 Å². The Morgan fingerprint density at radius 2 is 2.00 bits per heavy atom. The molecular weight excluding hydrogens is 286 g/mol. The smallest absolute Gasteiger partial charge is 0.254 e. The van der Waals surface area contributed by atoms with Crippen molar-refractivity contribution in [1.29, 1.82) is 0 Å². The lowest BCUT2D eigenvalue weighted by Crippen LogP contribution is -2.39. The van der Waals surface area contributed by atoms with Crippen molar-refractivity contribution in [2.24, 2.45) is 0 Å². The van der Waals surface area contributed by atoms with Crippen LogP contribution in [0.2, 0.25) is 0 Å². The van der Waals surface area contributed by atoms with Crippen LogP contribution in [0.3, 0.4) is 0 Å². The first-order valence-electron chi connectivity index (χ1n) is 7.08. The van der Waals surface area contributed by atoms with Gasteiger partial charge < -0.3 is 9.80 Å². The van der Waals surface area contributed by atoms with Crippen molar-refractivity contribution >= 4 is 22.4 Å². The zero-order valence-electron chi connectivity index (χ0n) is 11.4. The molecule has 2 aromatic rings. The first-order chi connectivity index (χ1) is 10.3. The molecule has 2 aromatic heterocycles. The van der Waals surface area contributed by atoms with Crippen LogP contribution in [-0.4, -0.2) is 51.2 Å². The highest BCUT2D eigenvalue weighted by molar-refractivity contribution is 7.13. The third-order valence-corrected chi connectivity index (χ3v) is 5.09. The topological polar surface area (TPSA) is 62.2 Å². The Morgan fingerprint density at radius 1 is 1.19 bits per heavy atom. The van der Waals surface area contributed by atoms with E-state index in [1.807, 2.05) is 4.90 Å². The highest BCUT2D eigenvalue weighted by Gasteiger charge is 2.45. The van der Waals surface area contributed by atoms with Gasteiger partial charge in [-0.05, 0) is 25.0 Å². The second kappa shape index (κ2) is 5.07. The summed E-state index contributed by atoms with van der Waals surface area (Å²) >= 11 is 1.57. The van der Waals surface area contributed by atoms with E-state index >= 15 is 0 Å². The fraction of sp³-hybridized carbons (Fsp3) is 0.429. The monoisotopic (exact) mass is 301 g/mol. The van der Waals surface area contributed by atoms with Gasteiger partial charge in [0.05, 0.1) is 12.1 Å². The molecule has 0 aromatic carbocycles. The minimum Gasteiger partial charge on any atom is -0.341 e. The van der Waals surface area contributed by atoms with Crippen LogP contribution < -0.4 is 4.90 Å². The molecule has 0 radical (unpaired) electrons. The number of hydrogen-bond donors (Lipinski definition) is 0. The normalized spacial score (nSPS) is 24.4. The summed E-state index contributed by atoms with van der Waals surface area (Å²) < 4.78 is 0. The highest BCUT2D eigenvalue weighted by atomic mass is 32.1. The Kier molecular flexibility index (Phi) is 3.07. The van der Waals surface area contributed by atoms with Crippen LogP contribution in [0.5, 0.6) is 0 Å². The predicted molar refractivity (Wildman–Crippen MR) is 79.3 cm³/mol. The fourth-order valence-corrected chi connectivity index (χ4v) is 4.07. The molecule has 0 bridgehead atoms. The summed E-state index contributed by atoms with van der Waals surface area (Å²) in [5.41, 5.74) is 2.48. The van der Waals surface area contributed by atoms with Crippen molar-refractivity contribution in [2.45, 2.75) is 24.9 Å². The summed E-state index contributed by atoms with van der Waals surface area (Å²) in [7, 11) is 0. The van der Waals surface area contributed by atoms with Gasteiger partial charge in [-0.2, -0.15) is 0 Å². The van der Waals surface area contributed by atoms with Crippen molar-refractivity contribution in [2.75, 3.05) is 18.0 Å². The number of carbonyl (C=O) groups excluding carboxylic acids is 1. The van der Waals surface area contributed by atoms with E-state index in [-0.39, 0.29) is 11.9 Å². The SMILES string of the molecule is O=C(c1ccncc1)N1CC[C@@H]2[C@@H]1CCN2c1nncs1. The first-order valence-corrected chi connectivity index (χ1v) is 7.96. The largest absolute Gasteiger partial charge is 0.341 e. The number of nitrogens with zero attached hydrogens (tertiary/aromatic N) is 5. The standard InChI is InChI=1S/C14H15N5OS/c20-13(10-1-5-15-6-2-10)18-7-3-12-11(18)4-8-19(12)14-17-16-9-21-14/h1-2,5-6,9,11-12H,3-4,7-8H2/t11-,12+/m0/s1. The third-order valence-electron chi connectivity index (χ3n) is 4.36. The molecule has 2 saturated heterocycles. The molecule has 6 nitrogen and oxygen atoms in total. The van der Waals surface area contributed by atoms with Crippen molar-refractivity contribution in [1.82, 2.24) is 20.1 Å². The van der Waals surface area contributed by atoms with Crippen molar-refractivity contribution < 1.29 is 4.79 Å². The molecule has 1 amide bonds. The lowest BCUT2D eigenvalue weighted by molar-refractivity contribution is 0.0737. The van der Waals surface area contributed by atoms with Crippen molar-refractivity contribution in [3.05, 3.63) is 35.6 Å². The van der Waals surface area contributed by atoms with E-state index in [1.165, 1.54) is 0 Å². The van der Waals surface area contributed by atoms with Crippen LogP contribution in [0.4, 0.5) is 5.13 Å². The van der Waals surface area contributed by atoms with Crippen LogP contribution >= 0.6 is 11.3 Å². The maximum absolute atomic E-state index is 12.6. The number of rotatable bonds is 2. The Balaban J connectivity index is 1.55. The summed E-state index contributed by atoms with van der Waals surface area (Å²) in [6.45, 7) is 1.76. The minimum atomic E-state index is 0.115. The van der Waals surface area contributed by atoms with Crippen LogP contribution in [0.25, 0.3) is 0 Å². The van der Waals surface area contributed by atoms with Crippen molar-refractivity contribution in [3.63, 3.8) is 0 Å². The maximum atomic E-state index is 12.6. The predicted octanol–water partition coefficient (Wildman–Crippen LogP) is 1.43. The molecule has 4 rings (SSSR count). The summed E-state index contributed by atoms with van der Waals surface area (Å²) in [4.78, 5) is 20.9. The van der Waals surface area contributed by atoms with E-state index in [0.717, 1.165) is 36.6 Å². The average Bonchev–Trinajstić information content (AvgIpc) is 3.24. The van der Waals surface area contributed by atoms with Gasteiger partial charge in [-0.15, -0.1) is 10.2 Å². The van der Waals surface area contributed by atoms with E-state index in [1.54, 1.807) is 41.4 Å². The molecule has 0 N–H and O–H groups in total. The number of carbonyl (C=O) groups is 1. The van der Waals surface area contributed by atoms with Gasteiger partial charge in [0.2, 0.25) is 5.13 Å². The third kappa shape index (κ3) is 2.08. The lowest BCUT2D eigenvalue weighted by Gasteiger charge is -2.25. The molecule has 2 aliphatic rings. The van der Waals surface area contributed by atoms with Crippen LogP contribution in [0, 0.1) is 0 Å². The zero-order valence-corrected chi connectivity index (χ0v) is 12.2. The molecule has 2 fully saturated rings. The van der Waals surface area contributed by atoms with Gasteiger partial charge in [0.1, 0.15) is 5.51 Å². The first kappa shape index (κ1) is 12.7. The molecule has 108 valence electrons. The number of aromatic nitrogens is 3. The summed E-state index contributed by atoms with van der Waals surface area (Å²) in [6, 6.07) is 4.23. The molecule has 0 unspecified atom stereocenters. The minimum absolute atomic E-state index is 0.115. The molecular formula is C14H15N5OS. The lowest BCUT2D eigenvalue weighted by atomic mass is 10.1. The number of pyridine rings is 1. The summed E-state index contributed by atoms with van der Waals surface area (Å²) in [6.07, 6.45) is 5.34. The van der Waals surface area contributed by atoms with Crippen LogP contribution in [0.1, 0.15) is 23.2 Å². The molecule has 7 heteroatoms. The Bertz CT molecular complexity index is 632. The van der Waals surface area contributed by atoms with Crippen LogP contribution in [0.15, 0.2) is 30.0 Å². The molecule has 0 saturated carbocycles. The number of anilines is 1. The van der Waals surface area contributed by atoms with Gasteiger partial charge in [0.25, 0.3) is 5.91 Å². The summed E-state index contributed by atoms with van der Waals surface area (Å²) in [5, 5.41) is 9.06. The van der Waals surface area contributed by atoms with Gasteiger partial charge in [-0.1, -0.05) is 11.3 Å². The molecule has 2 aliphatic heterocycles. The Morgan fingerprint density at radius 3 is 2.76 bits per heavy atom. The molecule has 0 aliphatic carbocycles. The Hall–Kier alpha value is -2.02. The van der Waals surface area contributed by atoms with E-state index in [0.29, 0.717) is 6.04 Å². The van der Waals surface area contributed by atoms with Crippen LogP contribution in [-0.2, 0) is 0 Å². The van der Waals surface area contributed by atoms with Gasteiger partial charge in [-0.3, -0.25) is 9.78 Å². The fourth-order valence-electron chi connectivity index (χ4n) is 3.43. The van der Waals surface area contributed by atoms with Gasteiger partial charge in [-0.25, -0.2) is 0 Å². The van der Waals surface area contributed by atoms with E-state index < -0.39 is 0 Å². The highest BCUT2D eigenvalue weighted by Crippen LogP contribution is 2.36. The molecule has 21 heavy (non-hydrogen) atoms. The van der Waals surface area contributed by atoms with E-state index in [2.05, 4.69) is 20.1 Å². The van der Waals surface area contributed by atoms with E-state index in [9.17, 15) is 4.79 Å². The second-order valence-corrected chi connectivity index (χ2v) is 6.17. The quantitative estimate of drug-likeness (QED) is 0.839. The summed E-state index contributed by atoms with van der Waals surface area (Å²) in [5.74, 6) is 0.115. The zero-order chi connectivity index (χ0) is 14.2. The number of likely N-dealkylation sites (tertiary alicyclic amines) is 1. The van der Waals surface area contributed by atoms with Crippen molar-refractivity contribution in [3.8, 4) is 0 Å². The van der Waals surface area contributed by atoms with E-state index in [4.69, 9.17) is 0 Å².